The van der Waals surface area contributed by atoms with Crippen molar-refractivity contribution < 1.29 is 18.8 Å². The van der Waals surface area contributed by atoms with Crippen LogP contribution in [0.3, 0.4) is 0 Å². The number of nitrogens with one attached hydrogen (secondary N) is 1. The number of allylic oxidation sites excluding steroid dienone is 3. The van der Waals surface area contributed by atoms with Crippen molar-refractivity contribution in [3.63, 3.8) is 0 Å². The molecule has 6 heteroatoms. The number of carbonyl (C=O) groups excluding carboxylic acids is 1. The predicted octanol–water partition coefficient (Wildman–Crippen LogP) is 4.42. The molecule has 2 aliphatic rings. The monoisotopic (exact) mass is 363 g/mol. The Hall–Kier alpha value is -1.27. The van der Waals surface area contributed by atoms with Crippen LogP contribution < -0.4 is 5.32 Å². The molecule has 0 aromatic heterocycles. The molecule has 0 saturated carbocycles. The van der Waals surface area contributed by atoms with Crippen LogP contribution in [0.2, 0.25) is 0 Å². The molecule has 0 spiro atoms. The van der Waals surface area contributed by atoms with E-state index in [-0.39, 0.29) is 22.7 Å². The molecule has 0 bridgehead atoms. The Morgan fingerprint density at radius 3 is 2.04 bits per heavy atom. The lowest BCUT2D eigenvalue weighted by Gasteiger charge is -2.32. The van der Waals surface area contributed by atoms with Gasteiger partial charge < -0.3 is 19.4 Å². The molecule has 1 atom stereocenters. The average Bonchev–Trinajstić information content (AvgIpc) is 2.79. The number of hydrogen-bond acceptors (Lipinski definition) is 4. The molecule has 26 heavy (non-hydrogen) atoms. The Kier molecular flexibility index (Phi) is 5.19. The van der Waals surface area contributed by atoms with E-state index in [0.717, 1.165) is 11.0 Å². The lowest BCUT2D eigenvalue weighted by atomic mass is 9.62. The maximum atomic E-state index is 12.1. The summed E-state index contributed by atoms with van der Waals surface area (Å²) in [6, 6.07) is -0.156. The Balaban J connectivity index is 2.09. The SMILES string of the molecule is C[C@H](NC(=O)OC(C)(C)C)C1=CC=C(B2OC(C)(C)C(C)(C)O2)C1(C)C. The summed E-state index contributed by atoms with van der Waals surface area (Å²) in [6.45, 7) is 20.0. The van der Waals surface area contributed by atoms with Gasteiger partial charge in [-0.1, -0.05) is 26.0 Å². The third-order valence-electron chi connectivity index (χ3n) is 5.59. The lowest BCUT2D eigenvalue weighted by molar-refractivity contribution is 0.00578. The molecule has 0 unspecified atom stereocenters. The highest BCUT2D eigenvalue weighted by Gasteiger charge is 2.55. The Morgan fingerprint density at radius 2 is 1.58 bits per heavy atom. The molecular weight excluding hydrogens is 329 g/mol. The van der Waals surface area contributed by atoms with Crippen LogP contribution in [0.5, 0.6) is 0 Å². The maximum absolute atomic E-state index is 12.1. The molecule has 1 fully saturated rings. The predicted molar refractivity (Wildman–Crippen MR) is 105 cm³/mol. The van der Waals surface area contributed by atoms with Gasteiger partial charge in [-0.15, -0.1) is 0 Å². The second-order valence-electron chi connectivity index (χ2n) is 9.83. The molecule has 1 aliphatic heterocycles. The highest BCUT2D eigenvalue weighted by molar-refractivity contribution is 6.55. The van der Waals surface area contributed by atoms with E-state index in [9.17, 15) is 4.79 Å². The van der Waals surface area contributed by atoms with Gasteiger partial charge in [0.1, 0.15) is 5.60 Å². The van der Waals surface area contributed by atoms with E-state index in [1.807, 2.05) is 27.7 Å². The molecule has 1 saturated heterocycles. The van der Waals surface area contributed by atoms with Gasteiger partial charge in [-0.05, 0) is 66.4 Å². The van der Waals surface area contributed by atoms with Crippen LogP contribution in [-0.2, 0) is 14.0 Å². The Bertz CT molecular complexity index is 625. The van der Waals surface area contributed by atoms with E-state index in [0.29, 0.717) is 0 Å². The summed E-state index contributed by atoms with van der Waals surface area (Å²) in [5.41, 5.74) is 0.623. The highest BCUT2D eigenvalue weighted by atomic mass is 16.7. The fraction of sp³-hybridized carbons (Fsp3) is 0.750. The summed E-state index contributed by atoms with van der Waals surface area (Å²) in [7, 11) is -0.391. The first-order valence-electron chi connectivity index (χ1n) is 9.35. The number of amides is 1. The number of hydrogen-bond donors (Lipinski definition) is 1. The van der Waals surface area contributed by atoms with Gasteiger partial charge in [-0.3, -0.25) is 0 Å². The summed E-state index contributed by atoms with van der Waals surface area (Å²) < 4.78 is 17.8. The Morgan fingerprint density at radius 1 is 1.08 bits per heavy atom. The molecule has 1 amide bonds. The quantitative estimate of drug-likeness (QED) is 0.754. The number of carbonyl (C=O) groups is 1. The van der Waals surface area contributed by atoms with Crippen molar-refractivity contribution in [1.82, 2.24) is 5.32 Å². The van der Waals surface area contributed by atoms with Crippen molar-refractivity contribution in [3.8, 4) is 0 Å². The minimum atomic E-state index is -0.518. The molecule has 1 heterocycles. The van der Waals surface area contributed by atoms with Gasteiger partial charge in [0.2, 0.25) is 0 Å². The van der Waals surface area contributed by atoms with E-state index in [2.05, 4.69) is 59.0 Å². The van der Waals surface area contributed by atoms with Gasteiger partial charge >= 0.3 is 13.2 Å². The van der Waals surface area contributed by atoms with E-state index >= 15 is 0 Å². The van der Waals surface area contributed by atoms with Crippen LogP contribution in [0.25, 0.3) is 0 Å². The van der Waals surface area contributed by atoms with Gasteiger partial charge in [-0.25, -0.2) is 4.79 Å². The molecular formula is C20H34BNO4. The fourth-order valence-corrected chi connectivity index (χ4v) is 3.35. The van der Waals surface area contributed by atoms with Gasteiger partial charge in [0.05, 0.1) is 17.2 Å². The van der Waals surface area contributed by atoms with E-state index in [1.54, 1.807) is 0 Å². The summed E-state index contributed by atoms with van der Waals surface area (Å²) in [5.74, 6) is 0. The largest absolute Gasteiger partial charge is 0.491 e. The van der Waals surface area contributed by atoms with Crippen LogP contribution in [0, 0.1) is 5.41 Å². The maximum Gasteiger partial charge on any atom is 0.491 e. The van der Waals surface area contributed by atoms with Crippen molar-refractivity contribution >= 4 is 13.2 Å². The normalized spacial score (nSPS) is 24.8. The first kappa shape index (κ1) is 21.0. The molecule has 146 valence electrons. The summed E-state index contributed by atoms with van der Waals surface area (Å²) in [4.78, 5) is 12.1. The van der Waals surface area contributed by atoms with E-state index < -0.39 is 18.8 Å². The molecule has 1 aliphatic carbocycles. The van der Waals surface area contributed by atoms with Crippen molar-refractivity contribution in [3.05, 3.63) is 23.2 Å². The third-order valence-corrected chi connectivity index (χ3v) is 5.59. The van der Waals surface area contributed by atoms with Crippen molar-refractivity contribution in [2.75, 3.05) is 0 Å². The second kappa shape index (κ2) is 6.41. The summed E-state index contributed by atoms with van der Waals surface area (Å²) in [6.07, 6.45) is 3.71. The van der Waals surface area contributed by atoms with Gasteiger partial charge in [0.15, 0.2) is 0 Å². The summed E-state index contributed by atoms with van der Waals surface area (Å²) in [5, 5.41) is 2.93. The van der Waals surface area contributed by atoms with Crippen molar-refractivity contribution in [1.29, 1.82) is 0 Å². The molecule has 0 radical (unpaired) electrons. The van der Waals surface area contributed by atoms with Gasteiger partial charge in [0, 0.05) is 5.41 Å². The van der Waals surface area contributed by atoms with Crippen LogP contribution in [0.4, 0.5) is 4.79 Å². The zero-order valence-electron chi connectivity index (χ0n) is 17.9. The van der Waals surface area contributed by atoms with Crippen LogP contribution in [0.15, 0.2) is 23.2 Å². The van der Waals surface area contributed by atoms with E-state index in [1.165, 1.54) is 0 Å². The smallest absolute Gasteiger partial charge is 0.444 e. The van der Waals surface area contributed by atoms with E-state index in [4.69, 9.17) is 14.0 Å². The first-order valence-corrected chi connectivity index (χ1v) is 9.35. The Labute approximate surface area is 158 Å². The fourth-order valence-electron chi connectivity index (χ4n) is 3.35. The standard InChI is InChI=1S/C20H34BNO4/c1-13(22-16(23)24-17(2,3)4)14-11-12-15(18(14,5)6)21-25-19(7,8)20(9,10)26-21/h11-13H,1-10H3,(H,22,23)/t13-/m0/s1. The number of rotatable bonds is 3. The lowest BCUT2D eigenvalue weighted by Crippen LogP contribution is -2.42. The van der Waals surface area contributed by atoms with Gasteiger partial charge in [0.25, 0.3) is 0 Å². The molecule has 5 nitrogen and oxygen atoms in total. The second-order valence-corrected chi connectivity index (χ2v) is 9.83. The minimum Gasteiger partial charge on any atom is -0.444 e. The topological polar surface area (TPSA) is 56.8 Å². The molecule has 1 N–H and O–H groups in total. The number of ether oxygens (including phenoxy) is 1. The molecule has 0 aromatic rings. The highest BCUT2D eigenvalue weighted by Crippen LogP contribution is 2.47. The van der Waals surface area contributed by atoms with Crippen molar-refractivity contribution in [2.45, 2.75) is 92.1 Å². The molecule has 2 rings (SSSR count). The third kappa shape index (κ3) is 4.01. The van der Waals surface area contributed by atoms with Gasteiger partial charge in [-0.2, -0.15) is 0 Å². The van der Waals surface area contributed by atoms with Crippen LogP contribution in [0.1, 0.15) is 69.2 Å². The van der Waals surface area contributed by atoms with Crippen LogP contribution in [-0.4, -0.2) is 36.1 Å². The minimum absolute atomic E-state index is 0.156. The van der Waals surface area contributed by atoms with Crippen LogP contribution >= 0.6 is 0 Å². The van der Waals surface area contributed by atoms with Crippen molar-refractivity contribution in [2.24, 2.45) is 5.41 Å². The zero-order valence-corrected chi connectivity index (χ0v) is 17.9. The zero-order chi connectivity index (χ0) is 20.1. The molecule has 0 aromatic carbocycles. The summed E-state index contributed by atoms with van der Waals surface area (Å²) >= 11 is 0. The number of alkyl carbamates (subject to hydrolysis) is 1. The average molecular weight is 363 g/mol. The first-order chi connectivity index (χ1) is 11.6.